The number of rotatable bonds is 16. The number of carboxylic acids is 4. The molecule has 0 amide bonds. The molecule has 0 aliphatic heterocycles. The quantitative estimate of drug-likeness (QED) is 0.159. The standard InChI is InChI=1S/4C6H10O3.2Zr/c4*1-2-3-5(7)4-6(8)9;;/h4*2-4H2,1H3,(H,8,9);;/q;;;;2*+4/p-4. The van der Waals surface area contributed by atoms with Crippen molar-refractivity contribution >= 4 is 47.0 Å². The minimum absolute atomic E-state index is 0. The summed E-state index contributed by atoms with van der Waals surface area (Å²) in [5, 5.41) is 39.0. The Bertz CT molecular complexity index is 601. The molecule has 0 aromatic heterocycles. The Labute approximate surface area is 261 Å². The zero-order valence-electron chi connectivity index (χ0n) is 22.4. The first-order valence-corrected chi connectivity index (χ1v) is 11.5. The Hall–Kier alpha value is -1.67. The largest absolute Gasteiger partial charge is 4.00 e. The van der Waals surface area contributed by atoms with E-state index in [-0.39, 0.29) is 75.5 Å². The van der Waals surface area contributed by atoms with Crippen molar-refractivity contribution in [1.82, 2.24) is 0 Å². The smallest absolute Gasteiger partial charge is 0.550 e. The van der Waals surface area contributed by atoms with Crippen molar-refractivity contribution in [2.45, 2.75) is 105 Å². The zero-order valence-corrected chi connectivity index (χ0v) is 27.3. The van der Waals surface area contributed by atoms with Crippen LogP contribution in [0, 0.1) is 0 Å². The van der Waals surface area contributed by atoms with Crippen LogP contribution in [0.15, 0.2) is 0 Å². The molecule has 0 unspecified atom stereocenters. The fourth-order valence-corrected chi connectivity index (χ4v) is 2.11. The number of ketones is 4. The third-order valence-electron chi connectivity index (χ3n) is 3.48. The average molecular weight is 699 g/mol. The molecule has 0 spiro atoms. The SMILES string of the molecule is CCCC(=O)CC(=O)[O-].CCCC(=O)CC(=O)[O-].CCCC(=O)CC(=O)[O-].CCCC(=O)CC(=O)[O-].[Zr+4].[Zr+4]. The Morgan fingerprint density at radius 2 is 0.500 bits per heavy atom. The van der Waals surface area contributed by atoms with Crippen LogP contribution in [0.5, 0.6) is 0 Å². The molecule has 208 valence electrons. The van der Waals surface area contributed by atoms with Crippen LogP contribution in [0.4, 0.5) is 0 Å². The summed E-state index contributed by atoms with van der Waals surface area (Å²) < 4.78 is 0. The van der Waals surface area contributed by atoms with E-state index in [0.717, 1.165) is 0 Å². The summed E-state index contributed by atoms with van der Waals surface area (Å²) in [6, 6.07) is 0. The van der Waals surface area contributed by atoms with Crippen molar-refractivity contribution in [2.24, 2.45) is 0 Å². The van der Waals surface area contributed by atoms with Gasteiger partial charge in [-0.15, -0.1) is 0 Å². The van der Waals surface area contributed by atoms with Crippen molar-refractivity contribution in [3.63, 3.8) is 0 Å². The van der Waals surface area contributed by atoms with Gasteiger partial charge in [-0.2, -0.15) is 0 Å². The fourth-order valence-electron chi connectivity index (χ4n) is 2.11. The molecule has 0 rings (SSSR count). The van der Waals surface area contributed by atoms with Crippen molar-refractivity contribution < 1.29 is 111 Å². The first-order chi connectivity index (χ1) is 16.7. The van der Waals surface area contributed by atoms with Gasteiger partial charge in [-0.3, -0.25) is 19.2 Å². The number of aliphatic carboxylic acids is 4. The minimum atomic E-state index is -1.28. The van der Waals surface area contributed by atoms with Gasteiger partial charge in [0.25, 0.3) is 0 Å². The number of carbonyl (C=O) groups excluding carboxylic acids is 8. The van der Waals surface area contributed by atoms with Crippen LogP contribution in [-0.4, -0.2) is 47.0 Å². The monoisotopic (exact) mass is 696 g/mol. The van der Waals surface area contributed by atoms with E-state index in [9.17, 15) is 58.8 Å². The van der Waals surface area contributed by atoms with Crippen molar-refractivity contribution in [2.75, 3.05) is 0 Å². The molecule has 0 aromatic carbocycles. The van der Waals surface area contributed by atoms with Gasteiger partial charge in [0.05, 0.1) is 0 Å². The second-order valence-corrected chi connectivity index (χ2v) is 7.35. The topological polar surface area (TPSA) is 229 Å². The molecule has 0 atom stereocenters. The summed E-state index contributed by atoms with van der Waals surface area (Å²) in [4.78, 5) is 80.7. The minimum Gasteiger partial charge on any atom is -0.550 e. The summed E-state index contributed by atoms with van der Waals surface area (Å²) in [7, 11) is 0. The van der Waals surface area contributed by atoms with E-state index in [1.165, 1.54) is 0 Å². The average Bonchev–Trinajstić information content (AvgIpc) is 2.68. The van der Waals surface area contributed by atoms with E-state index < -0.39 is 49.6 Å². The predicted molar refractivity (Wildman–Crippen MR) is 118 cm³/mol. The predicted octanol–water partition coefficient (Wildman–Crippen LogP) is -2.02. The molecule has 0 aromatic rings. The summed E-state index contributed by atoms with van der Waals surface area (Å²) in [5.74, 6) is -6.14. The molecular formula is C24H36O12Zr2+4. The Morgan fingerprint density at radius 1 is 0.368 bits per heavy atom. The zero-order chi connectivity index (χ0) is 29.1. The third-order valence-corrected chi connectivity index (χ3v) is 3.48. The maximum atomic E-state index is 10.4. The Kier molecular flexibility index (Phi) is 45.8. The molecule has 0 radical (unpaired) electrons. The normalized spacial score (nSPS) is 8.53. The Balaban J connectivity index is -0.0000000883. The number of Topliss-reactive ketones (excluding diaryl/α,β-unsaturated/α-hetero) is 4. The second kappa shape index (κ2) is 35.3. The van der Waals surface area contributed by atoms with E-state index in [0.29, 0.717) is 51.4 Å². The number of hydrogen-bond acceptors (Lipinski definition) is 12. The number of carboxylic acid groups (broad SMARTS) is 4. The van der Waals surface area contributed by atoms with Crippen LogP contribution in [-0.2, 0) is 90.8 Å². The van der Waals surface area contributed by atoms with Gasteiger partial charge < -0.3 is 39.6 Å². The number of carbonyl (C=O) groups is 8. The van der Waals surface area contributed by atoms with E-state index in [4.69, 9.17) is 0 Å². The summed E-state index contributed by atoms with van der Waals surface area (Å²) in [6.45, 7) is 7.31. The maximum Gasteiger partial charge on any atom is 4.00 e. The van der Waals surface area contributed by atoms with Crippen molar-refractivity contribution in [1.29, 1.82) is 0 Å². The van der Waals surface area contributed by atoms with Crippen LogP contribution in [0.1, 0.15) is 105 Å². The molecule has 38 heavy (non-hydrogen) atoms. The van der Waals surface area contributed by atoms with Crippen LogP contribution in [0.3, 0.4) is 0 Å². The van der Waals surface area contributed by atoms with Gasteiger partial charge in [-0.25, -0.2) is 0 Å². The summed E-state index contributed by atoms with van der Waals surface area (Å²) in [5.41, 5.74) is 0. The molecule has 0 fully saturated rings. The van der Waals surface area contributed by atoms with E-state index in [2.05, 4.69) is 0 Å². The van der Waals surface area contributed by atoms with E-state index >= 15 is 0 Å². The molecule has 0 bridgehead atoms. The fraction of sp³-hybridized carbons (Fsp3) is 0.667. The molecule has 0 heterocycles. The van der Waals surface area contributed by atoms with Crippen LogP contribution in [0.25, 0.3) is 0 Å². The van der Waals surface area contributed by atoms with Gasteiger partial charge >= 0.3 is 52.4 Å². The molecule has 0 aliphatic carbocycles. The van der Waals surface area contributed by atoms with E-state index in [1.807, 2.05) is 27.7 Å². The van der Waals surface area contributed by atoms with Crippen LogP contribution in [0.2, 0.25) is 0 Å². The first-order valence-electron chi connectivity index (χ1n) is 11.5. The summed E-state index contributed by atoms with van der Waals surface area (Å²) >= 11 is 0. The van der Waals surface area contributed by atoms with Gasteiger partial charge in [0, 0.05) is 75.2 Å². The van der Waals surface area contributed by atoms with Gasteiger partial charge in [0.2, 0.25) is 0 Å². The van der Waals surface area contributed by atoms with Gasteiger partial charge in [0.1, 0.15) is 23.1 Å². The van der Waals surface area contributed by atoms with Gasteiger partial charge in [0.15, 0.2) is 0 Å². The van der Waals surface area contributed by atoms with Crippen LogP contribution >= 0.6 is 0 Å². The first kappa shape index (κ1) is 49.3. The van der Waals surface area contributed by atoms with Crippen molar-refractivity contribution in [3.05, 3.63) is 0 Å². The van der Waals surface area contributed by atoms with Gasteiger partial charge in [-0.05, 0) is 25.7 Å². The van der Waals surface area contributed by atoms with Gasteiger partial charge in [-0.1, -0.05) is 27.7 Å². The van der Waals surface area contributed by atoms with Crippen molar-refractivity contribution in [3.8, 4) is 0 Å². The summed E-state index contributed by atoms with van der Waals surface area (Å²) in [6.07, 6.45) is 2.42. The molecule has 12 nitrogen and oxygen atoms in total. The number of hydrogen-bond donors (Lipinski definition) is 0. The van der Waals surface area contributed by atoms with E-state index in [1.54, 1.807) is 0 Å². The van der Waals surface area contributed by atoms with Crippen LogP contribution < -0.4 is 20.4 Å². The molecule has 14 heteroatoms. The second-order valence-electron chi connectivity index (χ2n) is 7.35. The molecule has 0 N–H and O–H groups in total. The molecule has 0 saturated heterocycles. The third kappa shape index (κ3) is 55.0. The molecular weight excluding hydrogens is 663 g/mol. The molecule has 0 aliphatic rings. The molecule has 0 saturated carbocycles. The maximum absolute atomic E-state index is 10.4. The Morgan fingerprint density at radius 3 is 0.579 bits per heavy atom.